The standard InChI is InChI=1S/C9H8Cl2N2O/c10-5-1-2-6-9(8(5)11)12-4-3-7(14)13-6/h1-2,12H,3-4H2,(H,13,14). The van der Waals surface area contributed by atoms with E-state index in [9.17, 15) is 4.79 Å². The van der Waals surface area contributed by atoms with Crippen molar-refractivity contribution in [3.8, 4) is 0 Å². The normalized spacial score (nSPS) is 15.1. The molecule has 0 aliphatic carbocycles. The molecule has 2 N–H and O–H groups in total. The molecule has 0 atom stereocenters. The second-order valence-electron chi connectivity index (χ2n) is 3.01. The van der Waals surface area contributed by atoms with E-state index in [1.807, 2.05) is 0 Å². The smallest absolute Gasteiger partial charge is 0.226 e. The molecule has 1 aromatic rings. The van der Waals surface area contributed by atoms with Crippen LogP contribution in [0.1, 0.15) is 6.42 Å². The largest absolute Gasteiger partial charge is 0.382 e. The van der Waals surface area contributed by atoms with E-state index in [-0.39, 0.29) is 5.91 Å². The van der Waals surface area contributed by atoms with Crippen LogP contribution in [0.25, 0.3) is 0 Å². The molecule has 2 rings (SSSR count). The molecule has 0 spiro atoms. The molecule has 74 valence electrons. The van der Waals surface area contributed by atoms with Crippen molar-refractivity contribution >= 4 is 40.5 Å². The molecule has 0 radical (unpaired) electrons. The van der Waals surface area contributed by atoms with Crippen molar-refractivity contribution in [1.82, 2.24) is 0 Å². The molecule has 0 saturated carbocycles. The Morgan fingerprint density at radius 1 is 1.29 bits per heavy atom. The van der Waals surface area contributed by atoms with Crippen molar-refractivity contribution in [2.45, 2.75) is 6.42 Å². The van der Waals surface area contributed by atoms with Crippen molar-refractivity contribution in [3.63, 3.8) is 0 Å². The minimum absolute atomic E-state index is 0.0189. The second kappa shape index (κ2) is 3.67. The topological polar surface area (TPSA) is 41.1 Å². The first-order valence-corrected chi connectivity index (χ1v) is 4.96. The zero-order valence-electron chi connectivity index (χ0n) is 7.23. The zero-order valence-corrected chi connectivity index (χ0v) is 8.74. The first kappa shape index (κ1) is 9.62. The maximum absolute atomic E-state index is 11.2. The van der Waals surface area contributed by atoms with Crippen LogP contribution in [0.3, 0.4) is 0 Å². The van der Waals surface area contributed by atoms with E-state index in [0.29, 0.717) is 34.4 Å². The number of anilines is 2. The minimum atomic E-state index is -0.0189. The summed E-state index contributed by atoms with van der Waals surface area (Å²) in [6.07, 6.45) is 0.433. The van der Waals surface area contributed by atoms with E-state index >= 15 is 0 Å². The van der Waals surface area contributed by atoms with E-state index in [1.54, 1.807) is 12.1 Å². The van der Waals surface area contributed by atoms with Crippen molar-refractivity contribution in [2.24, 2.45) is 0 Å². The van der Waals surface area contributed by atoms with Gasteiger partial charge in [-0.1, -0.05) is 23.2 Å². The van der Waals surface area contributed by atoms with Crippen LogP contribution in [0.5, 0.6) is 0 Å². The summed E-state index contributed by atoms with van der Waals surface area (Å²) >= 11 is 11.8. The molecule has 0 bridgehead atoms. The Labute approximate surface area is 91.4 Å². The number of hydrogen-bond acceptors (Lipinski definition) is 2. The number of carbonyl (C=O) groups excluding carboxylic acids is 1. The number of hydrogen-bond donors (Lipinski definition) is 2. The summed E-state index contributed by atoms with van der Waals surface area (Å²) in [5.74, 6) is -0.0189. The summed E-state index contributed by atoms with van der Waals surface area (Å²) in [6.45, 7) is 0.568. The van der Waals surface area contributed by atoms with Gasteiger partial charge < -0.3 is 10.6 Å². The van der Waals surface area contributed by atoms with Crippen molar-refractivity contribution in [1.29, 1.82) is 0 Å². The maximum Gasteiger partial charge on any atom is 0.226 e. The van der Waals surface area contributed by atoms with Crippen LogP contribution in [0, 0.1) is 0 Å². The molecule has 0 aromatic heterocycles. The van der Waals surface area contributed by atoms with E-state index < -0.39 is 0 Å². The maximum atomic E-state index is 11.2. The predicted octanol–water partition coefficient (Wildman–Crippen LogP) is 2.75. The lowest BCUT2D eigenvalue weighted by molar-refractivity contribution is -0.115. The van der Waals surface area contributed by atoms with Gasteiger partial charge in [-0.25, -0.2) is 0 Å². The Kier molecular flexibility index (Phi) is 2.52. The van der Waals surface area contributed by atoms with Gasteiger partial charge in [0.15, 0.2) is 0 Å². The van der Waals surface area contributed by atoms with E-state index in [0.717, 1.165) is 0 Å². The van der Waals surface area contributed by atoms with Gasteiger partial charge in [0, 0.05) is 13.0 Å². The highest BCUT2D eigenvalue weighted by Gasteiger charge is 2.16. The third-order valence-corrected chi connectivity index (χ3v) is 2.83. The lowest BCUT2D eigenvalue weighted by Gasteiger charge is -2.10. The Balaban J connectivity index is 2.50. The van der Waals surface area contributed by atoms with Crippen LogP contribution < -0.4 is 10.6 Å². The van der Waals surface area contributed by atoms with Crippen LogP contribution in [0.4, 0.5) is 11.4 Å². The third-order valence-electron chi connectivity index (χ3n) is 2.02. The van der Waals surface area contributed by atoms with Crippen LogP contribution in [0.15, 0.2) is 12.1 Å². The first-order valence-electron chi connectivity index (χ1n) is 4.20. The number of benzene rings is 1. The molecule has 0 unspecified atom stereocenters. The molecule has 1 aliphatic rings. The summed E-state index contributed by atoms with van der Waals surface area (Å²) < 4.78 is 0. The summed E-state index contributed by atoms with van der Waals surface area (Å²) in [5, 5.41) is 6.74. The fourth-order valence-electron chi connectivity index (χ4n) is 1.34. The van der Waals surface area contributed by atoms with Gasteiger partial charge in [0.05, 0.1) is 21.4 Å². The first-order chi connectivity index (χ1) is 6.68. The number of carbonyl (C=O) groups is 1. The number of amides is 1. The summed E-state index contributed by atoms with van der Waals surface area (Å²) in [5.41, 5.74) is 1.38. The minimum Gasteiger partial charge on any atom is -0.382 e. The quantitative estimate of drug-likeness (QED) is 0.720. The molecular weight excluding hydrogens is 223 g/mol. The van der Waals surface area contributed by atoms with E-state index in [2.05, 4.69) is 10.6 Å². The van der Waals surface area contributed by atoms with Gasteiger partial charge in [0.25, 0.3) is 0 Å². The van der Waals surface area contributed by atoms with Crippen molar-refractivity contribution in [2.75, 3.05) is 17.2 Å². The Hall–Kier alpha value is -0.930. The van der Waals surface area contributed by atoms with Gasteiger partial charge in [0.1, 0.15) is 0 Å². The van der Waals surface area contributed by atoms with Gasteiger partial charge in [-0.15, -0.1) is 0 Å². The summed E-state index contributed by atoms with van der Waals surface area (Å²) in [7, 11) is 0. The molecule has 5 heteroatoms. The van der Waals surface area contributed by atoms with E-state index in [1.165, 1.54) is 0 Å². The molecule has 1 heterocycles. The number of rotatable bonds is 0. The Morgan fingerprint density at radius 3 is 2.86 bits per heavy atom. The molecule has 1 aliphatic heterocycles. The average Bonchev–Trinajstić information content (AvgIpc) is 2.34. The fraction of sp³-hybridized carbons (Fsp3) is 0.222. The highest BCUT2D eigenvalue weighted by molar-refractivity contribution is 6.44. The van der Waals surface area contributed by atoms with Crippen LogP contribution in [-0.4, -0.2) is 12.5 Å². The Bertz CT molecular complexity index is 393. The predicted molar refractivity (Wildman–Crippen MR) is 58.2 cm³/mol. The lowest BCUT2D eigenvalue weighted by Crippen LogP contribution is -2.10. The van der Waals surface area contributed by atoms with Gasteiger partial charge in [-0.2, -0.15) is 0 Å². The van der Waals surface area contributed by atoms with Crippen LogP contribution >= 0.6 is 23.2 Å². The second-order valence-corrected chi connectivity index (χ2v) is 3.79. The zero-order chi connectivity index (χ0) is 10.1. The Morgan fingerprint density at radius 2 is 2.07 bits per heavy atom. The number of fused-ring (bicyclic) bond motifs is 1. The lowest BCUT2D eigenvalue weighted by atomic mass is 10.2. The highest BCUT2D eigenvalue weighted by Crippen LogP contribution is 2.37. The van der Waals surface area contributed by atoms with Crippen LogP contribution in [0.2, 0.25) is 10.0 Å². The molecule has 0 saturated heterocycles. The molecule has 1 aromatic carbocycles. The number of nitrogens with one attached hydrogen (secondary N) is 2. The molecule has 0 fully saturated rings. The molecular formula is C9H8Cl2N2O. The van der Waals surface area contributed by atoms with Gasteiger partial charge in [-0.05, 0) is 12.1 Å². The van der Waals surface area contributed by atoms with Crippen molar-refractivity contribution < 1.29 is 4.79 Å². The molecule has 14 heavy (non-hydrogen) atoms. The number of halogens is 2. The SMILES string of the molecule is O=C1CCNc2c(ccc(Cl)c2Cl)N1. The van der Waals surface area contributed by atoms with Gasteiger partial charge in [-0.3, -0.25) is 4.79 Å². The third kappa shape index (κ3) is 1.65. The molecule has 3 nitrogen and oxygen atoms in total. The van der Waals surface area contributed by atoms with Crippen molar-refractivity contribution in [3.05, 3.63) is 22.2 Å². The fourth-order valence-corrected chi connectivity index (χ4v) is 1.73. The molecule has 1 amide bonds. The van der Waals surface area contributed by atoms with E-state index in [4.69, 9.17) is 23.2 Å². The average molecular weight is 231 g/mol. The van der Waals surface area contributed by atoms with Gasteiger partial charge >= 0.3 is 0 Å². The van der Waals surface area contributed by atoms with Gasteiger partial charge in [0.2, 0.25) is 5.91 Å². The highest BCUT2D eigenvalue weighted by atomic mass is 35.5. The summed E-state index contributed by atoms with van der Waals surface area (Å²) in [4.78, 5) is 11.2. The van der Waals surface area contributed by atoms with Crippen LogP contribution in [-0.2, 0) is 4.79 Å². The monoisotopic (exact) mass is 230 g/mol. The summed E-state index contributed by atoms with van der Waals surface area (Å²) in [6, 6.07) is 3.40.